The summed E-state index contributed by atoms with van der Waals surface area (Å²) in [5.41, 5.74) is 2.15. The van der Waals surface area contributed by atoms with Crippen LogP contribution in [0.15, 0.2) is 60.7 Å². The van der Waals surface area contributed by atoms with Gasteiger partial charge in [0.1, 0.15) is 0 Å². The molecule has 2 aromatic carbocycles. The van der Waals surface area contributed by atoms with Crippen LogP contribution in [0.3, 0.4) is 0 Å². The van der Waals surface area contributed by atoms with E-state index in [1.54, 1.807) is 0 Å². The van der Waals surface area contributed by atoms with E-state index >= 15 is 0 Å². The van der Waals surface area contributed by atoms with Crippen molar-refractivity contribution in [2.45, 2.75) is 12.2 Å². The Morgan fingerprint density at radius 1 is 0.571 bits per heavy atom. The van der Waals surface area contributed by atoms with Crippen LogP contribution in [0.5, 0.6) is 0 Å². The first-order chi connectivity index (χ1) is 17.2. The third-order valence-corrected chi connectivity index (χ3v) is 20.3. The van der Waals surface area contributed by atoms with Crippen molar-refractivity contribution in [2.24, 2.45) is 0 Å². The Bertz CT molecular complexity index is 875. The topological polar surface area (TPSA) is 71.1 Å². The summed E-state index contributed by atoms with van der Waals surface area (Å²) < 4.78 is 45.7. The van der Waals surface area contributed by atoms with Gasteiger partial charge in [0.15, 0.2) is 0 Å². The molecule has 11 heteroatoms. The van der Waals surface area contributed by atoms with Crippen molar-refractivity contribution in [1.82, 2.24) is 9.80 Å². The van der Waals surface area contributed by atoms with Gasteiger partial charge in [0, 0.05) is 0 Å². The van der Waals surface area contributed by atoms with Gasteiger partial charge >= 0.3 is 214 Å². The van der Waals surface area contributed by atoms with Gasteiger partial charge in [-0.25, -0.2) is 0 Å². The third-order valence-electron chi connectivity index (χ3n) is 6.76. The van der Waals surface area contributed by atoms with Crippen molar-refractivity contribution in [1.29, 1.82) is 0 Å². The molecule has 2 unspecified atom stereocenters. The second-order valence-corrected chi connectivity index (χ2v) is 19.4. The van der Waals surface area contributed by atoms with Crippen LogP contribution >= 0.6 is 0 Å². The van der Waals surface area contributed by atoms with Crippen molar-refractivity contribution in [2.75, 3.05) is 65.7 Å². The molecule has 188 valence electrons. The molecule has 8 rings (SSSR count). The molecule has 6 aliphatic heterocycles. The predicted molar refractivity (Wildman–Crippen MR) is 130 cm³/mol. The van der Waals surface area contributed by atoms with Gasteiger partial charge in [-0.2, -0.15) is 0 Å². The van der Waals surface area contributed by atoms with Crippen molar-refractivity contribution < 1.29 is 25.4 Å². The Hall–Kier alpha value is -0.834. The van der Waals surface area contributed by atoms with Gasteiger partial charge in [0.05, 0.1) is 0 Å². The van der Waals surface area contributed by atoms with E-state index in [1.165, 1.54) is 0 Å². The van der Waals surface area contributed by atoms with E-state index in [9.17, 15) is 0 Å². The molecule has 6 fully saturated rings. The van der Waals surface area contributed by atoms with Crippen molar-refractivity contribution in [3.05, 3.63) is 71.8 Å². The standard InChI is InChI=1S/C24H32Ge2N2O7/c1-3-7-21(8-4-1)23-19-27-11-15-29-25(33-23,30-16-12-27)35-26-31-17-13-28(14-18-32-26)20-24(34-26)22-9-5-2-6-10-22/h1-10,23-24H,11-20H2. The van der Waals surface area contributed by atoms with Crippen molar-refractivity contribution >= 4 is 29.2 Å². The molecule has 0 aromatic heterocycles. The van der Waals surface area contributed by atoms with Crippen LogP contribution in [0.1, 0.15) is 23.3 Å². The second-order valence-electron chi connectivity index (χ2n) is 9.13. The number of hydrogen-bond acceptors (Lipinski definition) is 9. The molecule has 0 radical (unpaired) electrons. The fraction of sp³-hybridized carbons (Fsp3) is 0.500. The van der Waals surface area contributed by atoms with Crippen LogP contribution in [0.25, 0.3) is 0 Å². The van der Waals surface area contributed by atoms with E-state index in [0.717, 1.165) is 50.4 Å². The number of hydrogen-bond donors (Lipinski definition) is 0. The normalized spacial score (nSPS) is 37.9. The van der Waals surface area contributed by atoms with Crippen LogP contribution in [0.4, 0.5) is 0 Å². The van der Waals surface area contributed by atoms with Crippen LogP contribution < -0.4 is 0 Å². The summed E-state index contributed by atoms with van der Waals surface area (Å²) in [5, 5.41) is 0. The minimum atomic E-state index is -4.32. The molecule has 0 saturated carbocycles. The predicted octanol–water partition coefficient (Wildman–Crippen LogP) is 2.11. The van der Waals surface area contributed by atoms with Gasteiger partial charge in [0.25, 0.3) is 0 Å². The van der Waals surface area contributed by atoms with E-state index in [1.807, 2.05) is 36.4 Å². The summed E-state index contributed by atoms with van der Waals surface area (Å²) in [6.07, 6.45) is -0.448. The quantitative estimate of drug-likeness (QED) is 0.488. The molecular formula is C24H32Ge2N2O7. The van der Waals surface area contributed by atoms with E-state index in [2.05, 4.69) is 34.1 Å². The molecule has 9 nitrogen and oxygen atoms in total. The Morgan fingerprint density at radius 3 is 1.31 bits per heavy atom. The summed E-state index contributed by atoms with van der Waals surface area (Å²) >= 11 is -8.64. The summed E-state index contributed by atoms with van der Waals surface area (Å²) in [7, 11) is 0. The molecule has 6 saturated heterocycles. The number of fused-ring (bicyclic) bond motifs is 12. The van der Waals surface area contributed by atoms with E-state index in [4.69, 9.17) is 25.4 Å². The first kappa shape index (κ1) is 24.5. The molecule has 35 heavy (non-hydrogen) atoms. The average molecular weight is 606 g/mol. The van der Waals surface area contributed by atoms with Gasteiger partial charge in [-0.05, 0) is 0 Å². The molecule has 0 amide bonds. The molecule has 0 aliphatic carbocycles. The van der Waals surface area contributed by atoms with Gasteiger partial charge in [-0.3, -0.25) is 0 Å². The van der Waals surface area contributed by atoms with Crippen LogP contribution in [0, 0.1) is 0 Å². The summed E-state index contributed by atoms with van der Waals surface area (Å²) in [6, 6.07) is 20.4. The first-order valence-electron chi connectivity index (χ1n) is 12.4. The average Bonchev–Trinajstić information content (AvgIpc) is 2.81. The number of nitrogens with zero attached hydrogens (tertiary/aromatic N) is 2. The molecule has 4 bridgehead atoms. The molecular weight excluding hydrogens is 573 g/mol. The van der Waals surface area contributed by atoms with Crippen molar-refractivity contribution in [3.8, 4) is 0 Å². The molecule has 0 spiro atoms. The van der Waals surface area contributed by atoms with Gasteiger partial charge in [0.2, 0.25) is 0 Å². The zero-order valence-corrected chi connectivity index (χ0v) is 23.9. The van der Waals surface area contributed by atoms with Gasteiger partial charge in [-0.1, -0.05) is 0 Å². The Labute approximate surface area is 213 Å². The van der Waals surface area contributed by atoms with Crippen molar-refractivity contribution in [3.63, 3.8) is 0 Å². The maximum absolute atomic E-state index is 6.82. The summed E-state index contributed by atoms with van der Waals surface area (Å²) in [6.45, 7) is 6.66. The SMILES string of the molecule is c1ccc(C2CN3CC[O][Ge]([O][Ge]45[O]CCN(CC[O]4)CC(c4ccccc4)[O]5)([O]CC3)[O]2)cc1. The maximum atomic E-state index is 6.82. The third kappa shape index (κ3) is 5.70. The van der Waals surface area contributed by atoms with Crippen LogP contribution in [0.2, 0.25) is 0 Å². The summed E-state index contributed by atoms with van der Waals surface area (Å²) in [5.74, 6) is 0. The molecule has 6 heterocycles. The number of benzene rings is 2. The molecule has 6 aliphatic rings. The fourth-order valence-corrected chi connectivity index (χ4v) is 19.3. The van der Waals surface area contributed by atoms with E-state index in [0.29, 0.717) is 26.4 Å². The Kier molecular flexibility index (Phi) is 7.61. The zero-order chi connectivity index (χ0) is 23.6. The van der Waals surface area contributed by atoms with Gasteiger partial charge in [-0.15, -0.1) is 0 Å². The molecule has 2 atom stereocenters. The fourth-order valence-electron chi connectivity index (χ4n) is 4.90. The van der Waals surface area contributed by atoms with Gasteiger partial charge < -0.3 is 0 Å². The number of rotatable bonds is 4. The molecule has 0 N–H and O–H groups in total. The molecule has 2 aromatic rings. The first-order valence-corrected chi connectivity index (χ1v) is 19.2. The van der Waals surface area contributed by atoms with E-state index < -0.39 is 29.2 Å². The monoisotopic (exact) mass is 608 g/mol. The van der Waals surface area contributed by atoms with Crippen LogP contribution in [-0.2, 0) is 25.4 Å². The minimum absolute atomic E-state index is 0.224. The van der Waals surface area contributed by atoms with E-state index in [-0.39, 0.29) is 12.2 Å². The second kappa shape index (κ2) is 10.9. The zero-order valence-electron chi connectivity index (χ0n) is 19.8. The Balaban J connectivity index is 1.33. The van der Waals surface area contributed by atoms with Crippen LogP contribution in [-0.4, -0.2) is 105 Å². The Morgan fingerprint density at radius 2 is 0.943 bits per heavy atom. The summed E-state index contributed by atoms with van der Waals surface area (Å²) in [4.78, 5) is 4.63.